The van der Waals surface area contributed by atoms with E-state index in [9.17, 15) is 22.3 Å². The average molecular weight is 561 g/mol. The van der Waals surface area contributed by atoms with E-state index in [1.54, 1.807) is 11.0 Å². The van der Waals surface area contributed by atoms with Crippen molar-refractivity contribution in [3.63, 3.8) is 0 Å². The number of anilines is 1. The number of imidazole rings is 1. The highest BCUT2D eigenvalue weighted by Gasteiger charge is 2.50. The Bertz CT molecular complexity index is 1370. The van der Waals surface area contributed by atoms with Crippen LogP contribution in [0.25, 0.3) is 16.3 Å². The van der Waals surface area contributed by atoms with Gasteiger partial charge in [0.05, 0.1) is 10.6 Å². The van der Waals surface area contributed by atoms with Gasteiger partial charge in [0.15, 0.2) is 32.1 Å². The van der Waals surface area contributed by atoms with Gasteiger partial charge in [-0.15, -0.1) is 10.2 Å². The first-order valence-electron chi connectivity index (χ1n) is 11.0. The number of amides is 1. The molecule has 194 valence electrons. The molecule has 5 rings (SSSR count). The molecular formula is C21H23ClF2N6O4S2. The minimum atomic E-state index is -2.78. The average Bonchev–Trinajstić information content (AvgIpc) is 3.48. The lowest BCUT2D eigenvalue weighted by molar-refractivity contribution is 0.0265. The maximum absolute atomic E-state index is 13.1. The molecule has 1 amide bonds. The molecule has 0 saturated carbocycles. The number of hydrogen-bond acceptors (Lipinski definition) is 8. The number of halogens is 3. The summed E-state index contributed by atoms with van der Waals surface area (Å²) in [6, 6.07) is 1.57. The molecule has 0 bridgehead atoms. The Hall–Kier alpha value is -2.42. The minimum Gasteiger partial charge on any atom is -0.444 e. The van der Waals surface area contributed by atoms with Crippen LogP contribution in [-0.2, 0) is 15.8 Å². The third-order valence-electron chi connectivity index (χ3n) is 6.15. The molecule has 2 aliphatic heterocycles. The molecule has 10 nitrogen and oxygen atoms in total. The molecule has 36 heavy (non-hydrogen) atoms. The summed E-state index contributed by atoms with van der Waals surface area (Å²) in [5.41, 5.74) is 0.331. The van der Waals surface area contributed by atoms with Crippen molar-refractivity contribution >= 4 is 51.3 Å². The Morgan fingerprint density at radius 2 is 2.03 bits per heavy atom. The molecule has 0 aliphatic carbocycles. The SMILES string of the molecule is CC(C)(C)OC(=O)N1CCC2(C1)CN(c1cc(S(=O)O)cn3c(-c4nnc(C(F)F)s4)nc(Cl)c13)C2. The first kappa shape index (κ1) is 25.2. The van der Waals surface area contributed by atoms with Gasteiger partial charge in [0.2, 0.25) is 0 Å². The minimum absolute atomic E-state index is 0.0918. The Balaban J connectivity index is 1.45. The zero-order chi connectivity index (χ0) is 26.0. The highest BCUT2D eigenvalue weighted by molar-refractivity contribution is 7.79. The molecule has 2 aliphatic rings. The van der Waals surface area contributed by atoms with Gasteiger partial charge in [-0.25, -0.2) is 22.8 Å². The maximum Gasteiger partial charge on any atom is 0.410 e. The van der Waals surface area contributed by atoms with Crippen molar-refractivity contribution in [1.29, 1.82) is 0 Å². The van der Waals surface area contributed by atoms with Crippen LogP contribution in [0.3, 0.4) is 0 Å². The van der Waals surface area contributed by atoms with Gasteiger partial charge in [0.25, 0.3) is 6.43 Å². The summed E-state index contributed by atoms with van der Waals surface area (Å²) >= 11 is 4.84. The lowest BCUT2D eigenvalue weighted by atomic mass is 9.78. The van der Waals surface area contributed by atoms with Crippen LogP contribution in [0.4, 0.5) is 19.3 Å². The summed E-state index contributed by atoms with van der Waals surface area (Å²) in [4.78, 5) is 20.6. The summed E-state index contributed by atoms with van der Waals surface area (Å²) in [5.74, 6) is 0.153. The maximum atomic E-state index is 13.1. The highest BCUT2D eigenvalue weighted by Crippen LogP contribution is 2.45. The number of pyridine rings is 1. The van der Waals surface area contributed by atoms with Crippen LogP contribution >= 0.6 is 22.9 Å². The third-order valence-corrected chi connectivity index (χ3v) is 7.97. The van der Waals surface area contributed by atoms with Gasteiger partial charge in [0.1, 0.15) is 11.1 Å². The molecule has 3 aromatic rings. The van der Waals surface area contributed by atoms with E-state index in [0.717, 1.165) is 6.42 Å². The van der Waals surface area contributed by atoms with Crippen molar-refractivity contribution < 1.29 is 27.1 Å². The van der Waals surface area contributed by atoms with E-state index in [2.05, 4.69) is 15.2 Å². The topological polar surface area (TPSA) is 113 Å². The first-order chi connectivity index (χ1) is 16.9. The smallest absolute Gasteiger partial charge is 0.410 e. The van der Waals surface area contributed by atoms with Gasteiger partial charge < -0.3 is 19.1 Å². The zero-order valence-corrected chi connectivity index (χ0v) is 22.0. The standard InChI is InChI=1S/C21H23ClF2N6O4S2/c1-20(2,3)34-19(31)28-5-4-21(8-28)9-29(10-21)12-6-11(36(32)33)7-30-13(12)14(22)25-16(30)18-27-26-17(35-18)15(23)24/h6-7,15H,4-5,8-10H2,1-3H3,(H,32,33). The second-order valence-corrected chi connectivity index (χ2v) is 12.3. The normalized spacial score (nSPS) is 18.3. The van der Waals surface area contributed by atoms with Crippen LogP contribution < -0.4 is 4.90 Å². The number of fused-ring (bicyclic) bond motifs is 1. The van der Waals surface area contributed by atoms with E-state index >= 15 is 0 Å². The Labute approximate surface area is 216 Å². The van der Waals surface area contributed by atoms with Crippen molar-refractivity contribution in [2.75, 3.05) is 31.1 Å². The van der Waals surface area contributed by atoms with Gasteiger partial charge in [-0.1, -0.05) is 22.9 Å². The van der Waals surface area contributed by atoms with E-state index in [1.165, 1.54) is 10.6 Å². The molecule has 0 radical (unpaired) electrons. The number of nitrogens with zero attached hydrogens (tertiary/aromatic N) is 6. The summed E-state index contributed by atoms with van der Waals surface area (Å²) < 4.78 is 54.9. The zero-order valence-electron chi connectivity index (χ0n) is 19.6. The fourth-order valence-corrected chi connectivity index (χ4v) is 6.00. The fraction of sp³-hybridized carbons (Fsp3) is 0.524. The summed E-state index contributed by atoms with van der Waals surface area (Å²) in [7, 11) is 0. The Kier molecular flexibility index (Phi) is 6.21. The second-order valence-electron chi connectivity index (χ2n) is 10.0. The van der Waals surface area contributed by atoms with Crippen LogP contribution in [0.2, 0.25) is 5.15 Å². The molecule has 2 fully saturated rings. The fourth-order valence-electron chi connectivity index (χ4n) is 4.64. The molecule has 15 heteroatoms. The Morgan fingerprint density at radius 3 is 2.64 bits per heavy atom. The summed E-state index contributed by atoms with van der Waals surface area (Å²) in [6.07, 6.45) is -0.939. The summed E-state index contributed by atoms with van der Waals surface area (Å²) in [6.45, 7) is 7.78. The van der Waals surface area contributed by atoms with Gasteiger partial charge in [0, 0.05) is 37.8 Å². The van der Waals surface area contributed by atoms with Gasteiger partial charge in [-0.05, 0) is 33.3 Å². The molecule has 3 aromatic heterocycles. The molecule has 1 atom stereocenters. The number of aromatic nitrogens is 4. The molecule has 2 saturated heterocycles. The lowest BCUT2D eigenvalue weighted by Crippen LogP contribution is -2.58. The van der Waals surface area contributed by atoms with Crippen LogP contribution in [0, 0.1) is 5.41 Å². The summed E-state index contributed by atoms with van der Waals surface area (Å²) in [5, 5.41) is 7.07. The number of rotatable bonds is 4. The van der Waals surface area contributed by atoms with E-state index < -0.39 is 28.1 Å². The van der Waals surface area contributed by atoms with Crippen molar-refractivity contribution in [1.82, 2.24) is 24.5 Å². The highest BCUT2D eigenvalue weighted by atomic mass is 35.5. The van der Waals surface area contributed by atoms with E-state index in [4.69, 9.17) is 16.3 Å². The van der Waals surface area contributed by atoms with Gasteiger partial charge in [-0.2, -0.15) is 0 Å². The molecule has 1 N–H and O–H groups in total. The monoisotopic (exact) mass is 560 g/mol. The quantitative estimate of drug-likeness (QED) is 0.465. The number of carbonyl (C=O) groups is 1. The lowest BCUT2D eigenvalue weighted by Gasteiger charge is -2.49. The van der Waals surface area contributed by atoms with Crippen molar-refractivity contribution in [2.24, 2.45) is 5.41 Å². The van der Waals surface area contributed by atoms with E-state index in [-0.39, 0.29) is 32.4 Å². The van der Waals surface area contributed by atoms with Crippen molar-refractivity contribution in [3.8, 4) is 10.8 Å². The van der Waals surface area contributed by atoms with Crippen LogP contribution in [0.15, 0.2) is 17.2 Å². The second kappa shape index (κ2) is 8.85. The van der Waals surface area contributed by atoms with Gasteiger partial charge >= 0.3 is 6.09 Å². The van der Waals surface area contributed by atoms with E-state index in [0.29, 0.717) is 48.7 Å². The predicted molar refractivity (Wildman–Crippen MR) is 130 cm³/mol. The molecule has 0 aromatic carbocycles. The van der Waals surface area contributed by atoms with Crippen LogP contribution in [0.1, 0.15) is 38.6 Å². The number of hydrogen-bond donors (Lipinski definition) is 1. The van der Waals surface area contributed by atoms with Crippen molar-refractivity contribution in [3.05, 3.63) is 22.4 Å². The van der Waals surface area contributed by atoms with Gasteiger partial charge in [-0.3, -0.25) is 4.40 Å². The predicted octanol–water partition coefficient (Wildman–Crippen LogP) is 4.47. The number of likely N-dealkylation sites (tertiary alicyclic amines) is 1. The molecular weight excluding hydrogens is 538 g/mol. The largest absolute Gasteiger partial charge is 0.444 e. The van der Waals surface area contributed by atoms with Crippen LogP contribution in [-0.4, -0.2) is 71.1 Å². The van der Waals surface area contributed by atoms with E-state index in [1.807, 2.05) is 25.7 Å². The molecule has 1 unspecified atom stereocenters. The molecule has 1 spiro atoms. The number of alkyl halides is 2. The van der Waals surface area contributed by atoms with Crippen LogP contribution in [0.5, 0.6) is 0 Å². The Morgan fingerprint density at radius 1 is 1.31 bits per heavy atom. The number of ether oxygens (including phenoxy) is 1. The molecule has 5 heterocycles. The van der Waals surface area contributed by atoms with Crippen molar-refractivity contribution in [2.45, 2.75) is 44.1 Å². The third kappa shape index (κ3) is 4.55. The first-order valence-corrected chi connectivity index (χ1v) is 13.3. The number of carbonyl (C=O) groups excluding carboxylic acids is 1.